The SMILES string of the molecule is CN(CCN(C)C(=O)c1ccc(N)cc1)C(=O)OC(C)(C)C. The Balaban J connectivity index is 2.51. The molecule has 0 fully saturated rings. The molecule has 1 aromatic carbocycles. The minimum atomic E-state index is -0.531. The topological polar surface area (TPSA) is 75.9 Å². The Kier molecular flexibility index (Phi) is 5.79. The molecule has 0 unspecified atom stereocenters. The summed E-state index contributed by atoms with van der Waals surface area (Å²) in [5.41, 5.74) is 6.25. The van der Waals surface area contributed by atoms with Gasteiger partial charge in [0.1, 0.15) is 5.60 Å². The molecule has 0 saturated heterocycles. The Hall–Kier alpha value is -2.24. The number of carbonyl (C=O) groups excluding carboxylic acids is 2. The van der Waals surface area contributed by atoms with Crippen LogP contribution in [-0.2, 0) is 4.74 Å². The predicted molar refractivity (Wildman–Crippen MR) is 86.7 cm³/mol. The van der Waals surface area contributed by atoms with Gasteiger partial charge in [0.2, 0.25) is 0 Å². The molecule has 0 aliphatic heterocycles. The first-order chi connectivity index (χ1) is 10.1. The van der Waals surface area contributed by atoms with Gasteiger partial charge in [-0.25, -0.2) is 4.79 Å². The third-order valence-electron chi connectivity index (χ3n) is 2.98. The Morgan fingerprint density at radius 1 is 1.05 bits per heavy atom. The normalized spacial score (nSPS) is 11.0. The number of rotatable bonds is 4. The Morgan fingerprint density at radius 3 is 2.05 bits per heavy atom. The second-order valence-electron chi connectivity index (χ2n) is 6.25. The first kappa shape index (κ1) is 17.8. The largest absolute Gasteiger partial charge is 0.444 e. The van der Waals surface area contributed by atoms with Crippen LogP contribution >= 0.6 is 0 Å². The lowest BCUT2D eigenvalue weighted by Crippen LogP contribution is -2.39. The minimum absolute atomic E-state index is 0.113. The van der Waals surface area contributed by atoms with Crippen LogP contribution in [-0.4, -0.2) is 54.6 Å². The van der Waals surface area contributed by atoms with E-state index >= 15 is 0 Å². The number of anilines is 1. The lowest BCUT2D eigenvalue weighted by molar-refractivity contribution is 0.0283. The first-order valence-corrected chi connectivity index (χ1v) is 7.15. The van der Waals surface area contributed by atoms with Crippen molar-refractivity contribution >= 4 is 17.7 Å². The molecule has 0 saturated carbocycles. The van der Waals surface area contributed by atoms with Crippen LogP contribution in [0.5, 0.6) is 0 Å². The van der Waals surface area contributed by atoms with Gasteiger partial charge in [-0.1, -0.05) is 0 Å². The molecular weight excluding hydrogens is 282 g/mol. The van der Waals surface area contributed by atoms with Gasteiger partial charge >= 0.3 is 6.09 Å². The smallest absolute Gasteiger partial charge is 0.410 e. The standard InChI is InChI=1S/C16H25N3O3/c1-16(2,3)22-15(21)19(5)11-10-18(4)14(20)12-6-8-13(17)9-7-12/h6-9H,10-11,17H2,1-5H3. The zero-order valence-corrected chi connectivity index (χ0v) is 13.9. The van der Waals surface area contributed by atoms with Gasteiger partial charge in [0, 0.05) is 38.4 Å². The van der Waals surface area contributed by atoms with E-state index in [-0.39, 0.29) is 5.91 Å². The highest BCUT2D eigenvalue weighted by atomic mass is 16.6. The van der Waals surface area contributed by atoms with Gasteiger partial charge in [0.25, 0.3) is 5.91 Å². The Labute approximate surface area is 131 Å². The fourth-order valence-electron chi connectivity index (χ4n) is 1.68. The van der Waals surface area contributed by atoms with E-state index in [1.54, 1.807) is 43.3 Å². The third-order valence-corrected chi connectivity index (χ3v) is 2.98. The summed E-state index contributed by atoms with van der Waals surface area (Å²) >= 11 is 0. The number of amides is 2. The molecule has 0 aliphatic carbocycles. The maximum absolute atomic E-state index is 12.2. The Morgan fingerprint density at radius 2 is 1.55 bits per heavy atom. The van der Waals surface area contributed by atoms with Crippen molar-refractivity contribution in [3.8, 4) is 0 Å². The van der Waals surface area contributed by atoms with Gasteiger partial charge in [-0.3, -0.25) is 4.79 Å². The lowest BCUT2D eigenvalue weighted by Gasteiger charge is -2.26. The summed E-state index contributed by atoms with van der Waals surface area (Å²) in [6.45, 7) is 6.26. The average Bonchev–Trinajstić information content (AvgIpc) is 2.42. The minimum Gasteiger partial charge on any atom is -0.444 e. The van der Waals surface area contributed by atoms with E-state index in [1.807, 2.05) is 20.8 Å². The number of benzene rings is 1. The van der Waals surface area contributed by atoms with Crippen LogP contribution in [0.25, 0.3) is 0 Å². The van der Waals surface area contributed by atoms with Crippen LogP contribution in [0.2, 0.25) is 0 Å². The highest BCUT2D eigenvalue weighted by Gasteiger charge is 2.20. The molecule has 0 radical (unpaired) electrons. The molecule has 0 spiro atoms. The van der Waals surface area contributed by atoms with Gasteiger partial charge in [-0.15, -0.1) is 0 Å². The van der Waals surface area contributed by atoms with Crippen LogP contribution < -0.4 is 5.73 Å². The summed E-state index contributed by atoms with van der Waals surface area (Å²) in [4.78, 5) is 27.1. The van der Waals surface area contributed by atoms with Gasteiger partial charge in [0.15, 0.2) is 0 Å². The summed E-state index contributed by atoms with van der Waals surface area (Å²) in [6, 6.07) is 6.75. The van der Waals surface area contributed by atoms with E-state index in [9.17, 15) is 9.59 Å². The van der Waals surface area contributed by atoms with Crippen molar-refractivity contribution in [2.45, 2.75) is 26.4 Å². The Bertz CT molecular complexity index is 520. The molecule has 6 nitrogen and oxygen atoms in total. The highest BCUT2D eigenvalue weighted by molar-refractivity contribution is 5.94. The maximum atomic E-state index is 12.2. The van der Waals surface area contributed by atoms with Gasteiger partial charge in [-0.05, 0) is 45.0 Å². The van der Waals surface area contributed by atoms with E-state index in [2.05, 4.69) is 0 Å². The van der Waals surface area contributed by atoms with Crippen molar-refractivity contribution in [3.05, 3.63) is 29.8 Å². The molecule has 2 N–H and O–H groups in total. The molecule has 0 aliphatic rings. The van der Waals surface area contributed by atoms with Gasteiger partial charge in [-0.2, -0.15) is 0 Å². The van der Waals surface area contributed by atoms with E-state index in [4.69, 9.17) is 10.5 Å². The molecule has 0 aromatic heterocycles. The molecule has 1 aromatic rings. The molecule has 0 bridgehead atoms. The van der Waals surface area contributed by atoms with E-state index in [0.717, 1.165) is 0 Å². The highest BCUT2D eigenvalue weighted by Crippen LogP contribution is 2.10. The second kappa shape index (κ2) is 7.15. The number of hydrogen-bond donors (Lipinski definition) is 1. The summed E-state index contributed by atoms with van der Waals surface area (Å²) < 4.78 is 5.26. The van der Waals surface area contributed by atoms with Crippen LogP contribution in [0.1, 0.15) is 31.1 Å². The predicted octanol–water partition coefficient (Wildman–Crippen LogP) is 2.21. The fraction of sp³-hybridized carbons (Fsp3) is 0.500. The lowest BCUT2D eigenvalue weighted by atomic mass is 10.2. The summed E-state index contributed by atoms with van der Waals surface area (Å²) in [7, 11) is 3.34. The zero-order valence-electron chi connectivity index (χ0n) is 13.9. The van der Waals surface area contributed by atoms with Crippen molar-refractivity contribution in [1.29, 1.82) is 0 Å². The van der Waals surface area contributed by atoms with Crippen LogP contribution in [0.3, 0.4) is 0 Å². The number of nitrogens with zero attached hydrogens (tertiary/aromatic N) is 2. The molecular formula is C16H25N3O3. The number of nitrogen functional groups attached to an aromatic ring is 1. The van der Waals surface area contributed by atoms with Crippen molar-refractivity contribution < 1.29 is 14.3 Å². The number of nitrogens with two attached hydrogens (primary N) is 1. The summed E-state index contributed by atoms with van der Waals surface area (Å²) in [6.07, 6.45) is -0.402. The number of ether oxygens (including phenoxy) is 1. The van der Waals surface area contributed by atoms with Crippen molar-refractivity contribution in [1.82, 2.24) is 9.80 Å². The number of carbonyl (C=O) groups is 2. The van der Waals surface area contributed by atoms with E-state index in [0.29, 0.717) is 24.3 Å². The first-order valence-electron chi connectivity index (χ1n) is 7.15. The third kappa shape index (κ3) is 5.63. The molecule has 122 valence electrons. The average molecular weight is 307 g/mol. The summed E-state index contributed by atoms with van der Waals surface area (Å²) in [5, 5.41) is 0. The van der Waals surface area contributed by atoms with Gasteiger partial charge < -0.3 is 20.3 Å². The van der Waals surface area contributed by atoms with Crippen LogP contribution in [0.4, 0.5) is 10.5 Å². The fourth-order valence-corrected chi connectivity index (χ4v) is 1.68. The van der Waals surface area contributed by atoms with Crippen LogP contribution in [0.15, 0.2) is 24.3 Å². The molecule has 6 heteroatoms. The molecule has 0 atom stereocenters. The van der Waals surface area contributed by atoms with Crippen molar-refractivity contribution in [2.75, 3.05) is 32.9 Å². The molecule has 1 rings (SSSR count). The van der Waals surface area contributed by atoms with Gasteiger partial charge in [0.05, 0.1) is 0 Å². The molecule has 0 heterocycles. The van der Waals surface area contributed by atoms with E-state index < -0.39 is 11.7 Å². The maximum Gasteiger partial charge on any atom is 0.410 e. The zero-order chi connectivity index (χ0) is 16.9. The van der Waals surface area contributed by atoms with Crippen LogP contribution in [0, 0.1) is 0 Å². The number of likely N-dealkylation sites (N-methyl/N-ethyl adjacent to an activating group) is 2. The number of hydrogen-bond acceptors (Lipinski definition) is 4. The molecule has 22 heavy (non-hydrogen) atoms. The second-order valence-corrected chi connectivity index (χ2v) is 6.25. The van der Waals surface area contributed by atoms with E-state index in [1.165, 1.54) is 4.90 Å². The molecule has 2 amide bonds. The summed E-state index contributed by atoms with van der Waals surface area (Å²) in [5.74, 6) is -0.113. The monoisotopic (exact) mass is 307 g/mol. The quantitative estimate of drug-likeness (QED) is 0.865. The van der Waals surface area contributed by atoms with Crippen molar-refractivity contribution in [3.63, 3.8) is 0 Å². The van der Waals surface area contributed by atoms with Crippen molar-refractivity contribution in [2.24, 2.45) is 0 Å².